The van der Waals surface area contributed by atoms with Crippen molar-refractivity contribution in [1.82, 2.24) is 4.31 Å². The highest BCUT2D eigenvalue weighted by Crippen LogP contribution is 2.28. The lowest BCUT2D eigenvalue weighted by atomic mass is 10.1. The first-order chi connectivity index (χ1) is 13.7. The maximum absolute atomic E-state index is 12.5. The molecule has 0 aliphatic carbocycles. The van der Waals surface area contributed by atoms with E-state index >= 15 is 0 Å². The summed E-state index contributed by atoms with van der Waals surface area (Å²) in [7, 11) is -1.57. The van der Waals surface area contributed by atoms with Gasteiger partial charge < -0.3 is 15.3 Å². The topological polar surface area (TPSA) is 129 Å². The Balaban J connectivity index is 0.000000253. The molecular weight excluding hydrogens is 421 g/mol. The summed E-state index contributed by atoms with van der Waals surface area (Å²) in [5, 5.41) is 45.3. The average molecular weight is 438 g/mol. The molecule has 10 heteroatoms. The lowest BCUT2D eigenvalue weighted by Gasteiger charge is -2.20. The van der Waals surface area contributed by atoms with Crippen molar-refractivity contribution < 1.29 is 23.9 Å². The van der Waals surface area contributed by atoms with Crippen LogP contribution in [0.15, 0.2) is 41.3 Å². The van der Waals surface area contributed by atoms with Crippen LogP contribution in [0.1, 0.15) is 17.5 Å². The van der Waals surface area contributed by atoms with E-state index in [1.54, 1.807) is 24.3 Å². The summed E-state index contributed by atoms with van der Waals surface area (Å²) >= 11 is 5.90. The molecular formula is C19H17ClFN3O4S. The van der Waals surface area contributed by atoms with Gasteiger partial charge in [0.05, 0.1) is 27.7 Å². The SMILES string of the molecule is N#Cc1c(Cl)cccc1S(=O)N1CCC(O)(CO)C1.N#Cc1ccc(O)cc1F. The first-order valence-electron chi connectivity index (χ1n) is 8.32. The molecule has 0 saturated carbocycles. The first-order valence-corrected chi connectivity index (χ1v) is 9.80. The molecule has 2 aromatic rings. The number of hydrogen-bond donors (Lipinski definition) is 3. The molecule has 1 aliphatic heterocycles. The molecule has 2 unspecified atom stereocenters. The van der Waals surface area contributed by atoms with E-state index in [0.29, 0.717) is 17.9 Å². The van der Waals surface area contributed by atoms with Crippen molar-refractivity contribution >= 4 is 22.6 Å². The van der Waals surface area contributed by atoms with E-state index in [2.05, 4.69) is 0 Å². The number of nitrogens with zero attached hydrogens (tertiary/aromatic N) is 3. The molecule has 0 bridgehead atoms. The zero-order chi connectivity index (χ0) is 21.6. The zero-order valence-corrected chi connectivity index (χ0v) is 16.6. The summed E-state index contributed by atoms with van der Waals surface area (Å²) < 4.78 is 26.4. The third-order valence-corrected chi connectivity index (χ3v) is 5.99. The first kappa shape index (κ1) is 22.8. The second-order valence-corrected chi connectivity index (χ2v) is 8.11. The fraction of sp³-hybridized carbons (Fsp3) is 0.263. The summed E-state index contributed by atoms with van der Waals surface area (Å²) in [6.07, 6.45) is 0.345. The Morgan fingerprint density at radius 3 is 2.55 bits per heavy atom. The largest absolute Gasteiger partial charge is 0.508 e. The fourth-order valence-corrected chi connectivity index (χ4v) is 4.27. The predicted octanol–water partition coefficient (Wildman–Crippen LogP) is 2.07. The molecule has 1 heterocycles. The molecule has 0 amide bonds. The van der Waals surface area contributed by atoms with Crippen molar-refractivity contribution in [3.8, 4) is 17.9 Å². The Morgan fingerprint density at radius 2 is 2.00 bits per heavy atom. The van der Waals surface area contributed by atoms with Gasteiger partial charge in [0.25, 0.3) is 0 Å². The maximum Gasteiger partial charge on any atom is 0.144 e. The summed E-state index contributed by atoms with van der Waals surface area (Å²) in [5.41, 5.74) is -1.10. The van der Waals surface area contributed by atoms with Crippen LogP contribution in [-0.2, 0) is 11.0 Å². The van der Waals surface area contributed by atoms with E-state index in [4.69, 9.17) is 32.3 Å². The van der Waals surface area contributed by atoms with Crippen LogP contribution in [0, 0.1) is 28.5 Å². The molecule has 0 aromatic heterocycles. The number of aliphatic hydroxyl groups is 2. The van der Waals surface area contributed by atoms with Crippen molar-refractivity contribution in [1.29, 1.82) is 10.5 Å². The Morgan fingerprint density at radius 1 is 1.28 bits per heavy atom. The molecule has 1 fully saturated rings. The molecule has 152 valence electrons. The molecule has 7 nitrogen and oxygen atoms in total. The molecule has 1 aliphatic rings. The fourth-order valence-electron chi connectivity index (χ4n) is 2.58. The number of hydrogen-bond acceptors (Lipinski definition) is 6. The van der Waals surface area contributed by atoms with Gasteiger partial charge in [-0.25, -0.2) is 12.9 Å². The molecule has 3 N–H and O–H groups in total. The molecule has 2 aromatic carbocycles. The quantitative estimate of drug-likeness (QED) is 0.674. The van der Waals surface area contributed by atoms with Crippen LogP contribution >= 0.6 is 11.6 Å². The Hall–Kier alpha value is -2.53. The number of phenolic OH excluding ortho intramolecular Hbond substituents is 1. The average Bonchev–Trinajstić information content (AvgIpc) is 3.11. The standard InChI is InChI=1S/C12H13ClN2O3S.C7H4FNO/c13-10-2-1-3-11(9(10)6-14)19(18)15-5-4-12(17,7-15)8-16;8-7-3-6(10)2-1-5(7)4-9/h1-3,16-17H,4-5,7-8H2;1-3,10H. The molecule has 1 saturated heterocycles. The van der Waals surface area contributed by atoms with Gasteiger partial charge in [0.1, 0.15) is 40.3 Å². The van der Waals surface area contributed by atoms with E-state index in [-0.39, 0.29) is 35.1 Å². The minimum absolute atomic E-state index is 0.0576. The third kappa shape index (κ3) is 5.51. The van der Waals surface area contributed by atoms with E-state index < -0.39 is 22.4 Å². The number of halogens is 2. The summed E-state index contributed by atoms with van der Waals surface area (Å²) in [4.78, 5) is 0.331. The number of rotatable bonds is 3. The van der Waals surface area contributed by atoms with Crippen LogP contribution in [0.25, 0.3) is 0 Å². The van der Waals surface area contributed by atoms with Gasteiger partial charge in [0.15, 0.2) is 0 Å². The highest BCUT2D eigenvalue weighted by atomic mass is 35.5. The van der Waals surface area contributed by atoms with Crippen LogP contribution in [0.2, 0.25) is 5.02 Å². The van der Waals surface area contributed by atoms with Crippen LogP contribution in [0.4, 0.5) is 4.39 Å². The lowest BCUT2D eigenvalue weighted by Crippen LogP contribution is -2.37. The lowest BCUT2D eigenvalue weighted by molar-refractivity contribution is -0.000503. The summed E-state index contributed by atoms with van der Waals surface area (Å²) in [6.45, 7) is 0.121. The number of nitriles is 2. The van der Waals surface area contributed by atoms with E-state index in [1.165, 1.54) is 16.4 Å². The van der Waals surface area contributed by atoms with Gasteiger partial charge in [-0.2, -0.15) is 10.5 Å². The molecule has 0 spiro atoms. The van der Waals surface area contributed by atoms with Gasteiger partial charge in [-0.1, -0.05) is 17.7 Å². The number of β-amino-alcohol motifs (C(OH)–C–C–N with tert-alkyl or cyclic N) is 1. The monoisotopic (exact) mass is 437 g/mol. The van der Waals surface area contributed by atoms with Gasteiger partial charge in [-0.15, -0.1) is 0 Å². The van der Waals surface area contributed by atoms with Gasteiger partial charge in [-0.05, 0) is 30.7 Å². The maximum atomic E-state index is 12.5. The van der Waals surface area contributed by atoms with Crippen molar-refractivity contribution in [2.75, 3.05) is 19.7 Å². The number of aromatic hydroxyl groups is 1. The minimum Gasteiger partial charge on any atom is -0.508 e. The zero-order valence-electron chi connectivity index (χ0n) is 15.0. The van der Waals surface area contributed by atoms with Crippen molar-refractivity contribution in [3.63, 3.8) is 0 Å². The second kappa shape index (κ2) is 9.79. The van der Waals surface area contributed by atoms with Gasteiger partial charge in [-0.3, -0.25) is 0 Å². The van der Waals surface area contributed by atoms with Gasteiger partial charge in [0, 0.05) is 19.2 Å². The van der Waals surface area contributed by atoms with Crippen LogP contribution in [-0.4, -0.2) is 49.1 Å². The molecule has 29 heavy (non-hydrogen) atoms. The number of phenols is 1. The van der Waals surface area contributed by atoms with Gasteiger partial charge in [0.2, 0.25) is 0 Å². The Bertz CT molecular complexity index is 1010. The second-order valence-electron chi connectivity index (χ2n) is 6.25. The number of aliphatic hydroxyl groups excluding tert-OH is 1. The van der Waals surface area contributed by atoms with Crippen LogP contribution < -0.4 is 0 Å². The summed E-state index contributed by atoms with van der Waals surface area (Å²) in [5.74, 6) is -0.862. The third-order valence-electron chi connectivity index (χ3n) is 4.17. The van der Waals surface area contributed by atoms with Crippen molar-refractivity contribution in [3.05, 3.63) is 58.4 Å². The van der Waals surface area contributed by atoms with Crippen LogP contribution in [0.5, 0.6) is 5.75 Å². The minimum atomic E-state index is -1.57. The van der Waals surface area contributed by atoms with Crippen LogP contribution in [0.3, 0.4) is 0 Å². The van der Waals surface area contributed by atoms with Crippen molar-refractivity contribution in [2.24, 2.45) is 0 Å². The molecule has 0 radical (unpaired) electrons. The molecule has 2 atom stereocenters. The van der Waals surface area contributed by atoms with Crippen molar-refractivity contribution in [2.45, 2.75) is 16.9 Å². The Labute approximate surface area is 174 Å². The Kier molecular flexibility index (Phi) is 7.68. The highest BCUT2D eigenvalue weighted by molar-refractivity contribution is 7.82. The van der Waals surface area contributed by atoms with E-state index in [0.717, 1.165) is 6.07 Å². The van der Waals surface area contributed by atoms with E-state index in [9.17, 15) is 13.7 Å². The highest BCUT2D eigenvalue weighted by Gasteiger charge is 2.38. The number of benzene rings is 2. The smallest absolute Gasteiger partial charge is 0.144 e. The predicted molar refractivity (Wildman–Crippen MR) is 104 cm³/mol. The molecule has 3 rings (SSSR count). The van der Waals surface area contributed by atoms with E-state index in [1.807, 2.05) is 6.07 Å². The summed E-state index contributed by atoms with van der Waals surface area (Å²) in [6, 6.07) is 11.7. The normalized spacial score (nSPS) is 19.5. The van der Waals surface area contributed by atoms with Gasteiger partial charge >= 0.3 is 0 Å².